The van der Waals surface area contributed by atoms with Crippen LogP contribution in [0.3, 0.4) is 0 Å². The molecule has 0 saturated heterocycles. The van der Waals surface area contributed by atoms with Crippen molar-refractivity contribution in [2.75, 3.05) is 4.90 Å². The Morgan fingerprint density at radius 3 is 1.67 bits per heavy atom. The van der Waals surface area contributed by atoms with Gasteiger partial charge in [-0.05, 0) is 88.3 Å². The van der Waals surface area contributed by atoms with E-state index in [0.29, 0.717) is 0 Å². The van der Waals surface area contributed by atoms with Crippen LogP contribution in [-0.2, 0) is 0 Å². The Morgan fingerprint density at radius 2 is 0.857 bits per heavy atom. The summed E-state index contributed by atoms with van der Waals surface area (Å²) in [4.78, 5) is 2.29. The van der Waals surface area contributed by atoms with Crippen molar-refractivity contribution in [2.45, 2.75) is 0 Å². The summed E-state index contributed by atoms with van der Waals surface area (Å²) in [5, 5.41) is 6.69. The van der Waals surface area contributed by atoms with E-state index < -0.39 is 0 Å². The predicted octanol–water partition coefficient (Wildman–Crippen LogP) is 13.4. The highest BCUT2D eigenvalue weighted by molar-refractivity contribution is 6.20. The molecule has 0 aliphatic heterocycles. The lowest BCUT2D eigenvalue weighted by Crippen LogP contribution is -2.09. The van der Waals surface area contributed by atoms with Gasteiger partial charge in [0, 0.05) is 50.1 Å². The van der Waals surface area contributed by atoms with Gasteiger partial charge in [0.1, 0.15) is 22.3 Å². The smallest absolute Gasteiger partial charge is 0.143 e. The highest BCUT2D eigenvalue weighted by atomic mass is 16.3. The zero-order chi connectivity index (χ0) is 32.3. The maximum absolute atomic E-state index is 6.76. The van der Waals surface area contributed by atoms with Crippen molar-refractivity contribution >= 4 is 71.7 Å². The Morgan fingerprint density at radius 1 is 0.306 bits per heavy atom. The first-order chi connectivity index (χ1) is 24.3. The van der Waals surface area contributed by atoms with Crippen molar-refractivity contribution in [3.63, 3.8) is 0 Å². The van der Waals surface area contributed by atoms with Crippen molar-refractivity contribution in [1.29, 1.82) is 0 Å². The van der Waals surface area contributed by atoms with Gasteiger partial charge in [-0.15, -0.1) is 0 Å². The van der Waals surface area contributed by atoms with Crippen LogP contribution in [0.4, 0.5) is 17.1 Å². The fourth-order valence-electron chi connectivity index (χ4n) is 7.32. The van der Waals surface area contributed by atoms with Gasteiger partial charge in [-0.2, -0.15) is 0 Å². The third-order valence-electron chi connectivity index (χ3n) is 9.66. The van der Waals surface area contributed by atoms with Crippen LogP contribution in [0, 0.1) is 0 Å². The fourth-order valence-corrected chi connectivity index (χ4v) is 7.32. The molecule has 0 radical (unpaired) electrons. The normalized spacial score (nSPS) is 11.7. The minimum atomic E-state index is 0.851. The van der Waals surface area contributed by atoms with Crippen LogP contribution < -0.4 is 4.90 Å². The van der Waals surface area contributed by atoms with Crippen LogP contribution in [0.1, 0.15) is 0 Å². The molecule has 3 heteroatoms. The van der Waals surface area contributed by atoms with E-state index in [2.05, 4.69) is 163 Å². The molecule has 230 valence electrons. The zero-order valence-electron chi connectivity index (χ0n) is 26.5. The summed E-state index contributed by atoms with van der Waals surface area (Å²) in [6.45, 7) is 0. The highest BCUT2D eigenvalue weighted by Gasteiger charge is 2.19. The lowest BCUT2D eigenvalue weighted by Gasteiger charge is -2.25. The first kappa shape index (κ1) is 27.5. The van der Waals surface area contributed by atoms with Crippen molar-refractivity contribution in [3.8, 4) is 22.3 Å². The van der Waals surface area contributed by atoms with Gasteiger partial charge in [-0.3, -0.25) is 0 Å². The summed E-state index contributed by atoms with van der Waals surface area (Å²) in [7, 11) is 0. The van der Waals surface area contributed by atoms with Gasteiger partial charge in [0.2, 0.25) is 0 Å². The lowest BCUT2D eigenvalue weighted by atomic mass is 9.95. The van der Waals surface area contributed by atoms with Crippen LogP contribution in [0.25, 0.3) is 76.9 Å². The molecule has 2 heterocycles. The average molecular weight is 628 g/mol. The quantitative estimate of drug-likeness (QED) is 0.190. The molecule has 0 saturated carbocycles. The molecule has 0 unspecified atom stereocenters. The van der Waals surface area contributed by atoms with Crippen LogP contribution in [0.15, 0.2) is 185 Å². The molecular weight excluding hydrogens is 599 g/mol. The fraction of sp³-hybridized carbons (Fsp3) is 0. The second kappa shape index (κ2) is 11.0. The summed E-state index contributed by atoms with van der Waals surface area (Å²) in [6.07, 6.45) is 0. The number of hydrogen-bond acceptors (Lipinski definition) is 3. The Labute approximate surface area is 282 Å². The molecule has 0 atom stereocenters. The van der Waals surface area contributed by atoms with Crippen LogP contribution in [0.2, 0.25) is 0 Å². The number of nitrogens with zero attached hydrogens (tertiary/aromatic N) is 1. The molecule has 49 heavy (non-hydrogen) atoms. The number of para-hydroxylation sites is 2. The maximum Gasteiger partial charge on any atom is 0.143 e. The molecule has 0 bridgehead atoms. The van der Waals surface area contributed by atoms with Gasteiger partial charge < -0.3 is 13.7 Å². The molecule has 0 aliphatic carbocycles. The monoisotopic (exact) mass is 627 g/mol. The molecule has 8 aromatic carbocycles. The van der Waals surface area contributed by atoms with Gasteiger partial charge in [0.05, 0.1) is 0 Å². The first-order valence-corrected chi connectivity index (χ1v) is 16.6. The third-order valence-corrected chi connectivity index (χ3v) is 9.66. The van der Waals surface area contributed by atoms with Gasteiger partial charge in [-0.1, -0.05) is 109 Å². The van der Waals surface area contributed by atoms with E-state index in [9.17, 15) is 0 Å². The van der Waals surface area contributed by atoms with Crippen LogP contribution >= 0.6 is 0 Å². The zero-order valence-corrected chi connectivity index (χ0v) is 26.5. The first-order valence-electron chi connectivity index (χ1n) is 16.6. The SMILES string of the molecule is c1ccc(-c2ccc(N(c3ccccc3)c3ccc4c(c3)oc3c5ccccc5c(-c5ccc6c(c5)oc5ccccc56)cc43)cc2)cc1. The predicted molar refractivity (Wildman–Crippen MR) is 204 cm³/mol. The van der Waals surface area contributed by atoms with E-state index in [1.54, 1.807) is 0 Å². The van der Waals surface area contributed by atoms with E-state index in [1.165, 1.54) is 11.1 Å². The number of furan rings is 2. The topological polar surface area (TPSA) is 29.5 Å². The molecule has 2 aromatic heterocycles. The Kier molecular flexibility index (Phi) is 6.18. The van der Waals surface area contributed by atoms with Gasteiger partial charge >= 0.3 is 0 Å². The minimum absolute atomic E-state index is 0.851. The lowest BCUT2D eigenvalue weighted by molar-refractivity contribution is 0.669. The van der Waals surface area contributed by atoms with Crippen molar-refractivity contribution < 1.29 is 8.83 Å². The summed E-state index contributed by atoms with van der Waals surface area (Å²) >= 11 is 0. The summed E-state index contributed by atoms with van der Waals surface area (Å²) in [5.41, 5.74) is 11.4. The maximum atomic E-state index is 6.76. The average Bonchev–Trinajstić information content (AvgIpc) is 3.73. The van der Waals surface area contributed by atoms with Crippen LogP contribution in [0.5, 0.6) is 0 Å². The van der Waals surface area contributed by atoms with Crippen molar-refractivity contribution in [1.82, 2.24) is 0 Å². The summed E-state index contributed by atoms with van der Waals surface area (Å²) in [5.74, 6) is 0. The number of rotatable bonds is 5. The number of anilines is 3. The van der Waals surface area contributed by atoms with E-state index in [0.717, 1.165) is 82.8 Å². The molecule has 0 spiro atoms. The highest BCUT2D eigenvalue weighted by Crippen LogP contribution is 2.43. The standard InChI is InChI=1S/C46H29NO2/c1-3-11-30(12-4-1)31-19-22-34(23-20-31)47(33-13-5-2-6-14-33)35-24-26-39-42-29-41(36-15-7-8-17-40(36)46(42)49-45(39)28-35)32-21-25-38-37-16-9-10-18-43(37)48-44(38)27-32/h1-29H. The molecule has 10 aromatic rings. The van der Waals surface area contributed by atoms with Crippen molar-refractivity contribution in [2.24, 2.45) is 0 Å². The van der Waals surface area contributed by atoms with Gasteiger partial charge in [0.15, 0.2) is 0 Å². The molecule has 0 aliphatic rings. The molecule has 10 rings (SSSR count). The van der Waals surface area contributed by atoms with E-state index in [1.807, 2.05) is 18.2 Å². The summed E-state index contributed by atoms with van der Waals surface area (Å²) in [6, 6.07) is 61.9. The van der Waals surface area contributed by atoms with Gasteiger partial charge in [0.25, 0.3) is 0 Å². The van der Waals surface area contributed by atoms with E-state index >= 15 is 0 Å². The number of benzene rings is 8. The largest absolute Gasteiger partial charge is 0.456 e. The molecular formula is C46H29NO2. The summed E-state index contributed by atoms with van der Waals surface area (Å²) < 4.78 is 13.0. The van der Waals surface area contributed by atoms with E-state index in [4.69, 9.17) is 8.83 Å². The Hall–Kier alpha value is -6.58. The third kappa shape index (κ3) is 4.51. The van der Waals surface area contributed by atoms with E-state index in [-0.39, 0.29) is 0 Å². The van der Waals surface area contributed by atoms with Crippen molar-refractivity contribution in [3.05, 3.63) is 176 Å². The molecule has 0 fully saturated rings. The van der Waals surface area contributed by atoms with Gasteiger partial charge in [-0.25, -0.2) is 0 Å². The molecule has 3 nitrogen and oxygen atoms in total. The Bertz CT molecular complexity index is 2810. The minimum Gasteiger partial charge on any atom is -0.456 e. The second-order valence-corrected chi connectivity index (χ2v) is 12.5. The van der Waals surface area contributed by atoms with Crippen LogP contribution in [-0.4, -0.2) is 0 Å². The second-order valence-electron chi connectivity index (χ2n) is 12.5. The number of hydrogen-bond donors (Lipinski definition) is 0. The Balaban J connectivity index is 1.13. The molecule has 0 N–H and O–H groups in total. The molecule has 0 amide bonds. The number of fused-ring (bicyclic) bond motifs is 8.